The third-order valence-corrected chi connectivity index (χ3v) is 7.82. The summed E-state index contributed by atoms with van der Waals surface area (Å²) in [4.78, 5) is 34.4. The molecule has 1 unspecified atom stereocenters. The molecule has 0 spiro atoms. The van der Waals surface area contributed by atoms with Crippen LogP contribution in [-0.4, -0.2) is 72.8 Å². The van der Waals surface area contributed by atoms with Crippen LogP contribution in [0, 0.1) is 12.3 Å². The van der Waals surface area contributed by atoms with Crippen LogP contribution in [0.5, 0.6) is 0 Å². The van der Waals surface area contributed by atoms with E-state index in [1.165, 1.54) is 17.3 Å². The summed E-state index contributed by atoms with van der Waals surface area (Å²) < 4.78 is 2.17. The predicted octanol–water partition coefficient (Wildman–Crippen LogP) is 4.53. The van der Waals surface area contributed by atoms with Crippen LogP contribution in [0.3, 0.4) is 0 Å². The van der Waals surface area contributed by atoms with Gasteiger partial charge in [-0.1, -0.05) is 74.5 Å². The second kappa shape index (κ2) is 10.4. The van der Waals surface area contributed by atoms with Crippen molar-refractivity contribution in [3.05, 3.63) is 59.7 Å². The van der Waals surface area contributed by atoms with Crippen LogP contribution in [0.4, 0.5) is 0 Å². The first-order chi connectivity index (χ1) is 18.1. The van der Waals surface area contributed by atoms with E-state index >= 15 is 0 Å². The summed E-state index contributed by atoms with van der Waals surface area (Å²) in [7, 11) is 0. The van der Waals surface area contributed by atoms with Crippen molar-refractivity contribution >= 4 is 45.6 Å². The van der Waals surface area contributed by atoms with E-state index in [0.717, 1.165) is 27.6 Å². The first-order valence-corrected chi connectivity index (χ1v) is 14.0. The summed E-state index contributed by atoms with van der Waals surface area (Å²) in [6, 6.07) is 16.6. The van der Waals surface area contributed by atoms with Gasteiger partial charge in [0.25, 0.3) is 0 Å². The monoisotopic (exact) mass is 530 g/mol. The fourth-order valence-electron chi connectivity index (χ4n) is 4.98. The van der Waals surface area contributed by atoms with Gasteiger partial charge in [-0.3, -0.25) is 9.59 Å². The first-order valence-electron chi connectivity index (χ1n) is 13.0. The van der Waals surface area contributed by atoms with E-state index in [1.54, 1.807) is 0 Å². The standard InChI is InChI=1S/C29H34N6O2S/c1-19-11-12-23-22(15-19)25-26(35(23)17-21-9-7-6-8-10-21)30-28(32-31-25)38-18-24(36)33-13-14-34(20(2)16-33)27(37)29(3,4)5/h6-12,15,20H,13-14,16-18H2,1-5H3. The van der Waals surface area contributed by atoms with Crippen LogP contribution in [0.2, 0.25) is 0 Å². The average Bonchev–Trinajstić information content (AvgIpc) is 3.18. The summed E-state index contributed by atoms with van der Waals surface area (Å²) in [5.74, 6) is 0.375. The number of hydrogen-bond acceptors (Lipinski definition) is 6. The van der Waals surface area contributed by atoms with Gasteiger partial charge in [0.2, 0.25) is 17.0 Å². The third-order valence-electron chi connectivity index (χ3n) is 6.99. The molecule has 0 bridgehead atoms. The van der Waals surface area contributed by atoms with E-state index in [1.807, 2.05) is 55.7 Å². The van der Waals surface area contributed by atoms with Crippen LogP contribution < -0.4 is 0 Å². The molecule has 8 nitrogen and oxygen atoms in total. The van der Waals surface area contributed by atoms with Crippen LogP contribution in [0.15, 0.2) is 53.7 Å². The largest absolute Gasteiger partial charge is 0.338 e. The number of amides is 2. The van der Waals surface area contributed by atoms with Crippen LogP contribution in [-0.2, 0) is 16.1 Å². The summed E-state index contributed by atoms with van der Waals surface area (Å²) >= 11 is 1.31. The Balaban J connectivity index is 1.34. The molecule has 0 N–H and O–H groups in total. The van der Waals surface area contributed by atoms with E-state index in [4.69, 9.17) is 4.98 Å². The van der Waals surface area contributed by atoms with Crippen LogP contribution in [0.25, 0.3) is 22.1 Å². The Labute approximate surface area is 227 Å². The molecule has 2 aromatic heterocycles. The Hall–Kier alpha value is -3.46. The number of hydrogen-bond donors (Lipinski definition) is 0. The van der Waals surface area contributed by atoms with Gasteiger partial charge in [0.05, 0.1) is 11.3 Å². The lowest BCUT2D eigenvalue weighted by Gasteiger charge is -2.42. The zero-order valence-corrected chi connectivity index (χ0v) is 23.5. The number of thioether (sulfide) groups is 1. The number of benzene rings is 2. The smallest absolute Gasteiger partial charge is 0.233 e. The van der Waals surface area contributed by atoms with Gasteiger partial charge in [-0.05, 0) is 31.5 Å². The SMILES string of the molecule is Cc1ccc2c(c1)c1nnc(SCC(=O)N3CCN(C(=O)C(C)(C)C)C(C)C3)nc1n2Cc1ccccc1. The molecule has 5 rings (SSSR count). The molecule has 2 aromatic carbocycles. The minimum Gasteiger partial charge on any atom is -0.338 e. The number of rotatable bonds is 5. The highest BCUT2D eigenvalue weighted by molar-refractivity contribution is 7.99. The maximum Gasteiger partial charge on any atom is 0.233 e. The van der Waals surface area contributed by atoms with E-state index in [9.17, 15) is 9.59 Å². The Kier molecular flexibility index (Phi) is 7.13. The molecule has 1 saturated heterocycles. The van der Waals surface area contributed by atoms with Crippen LogP contribution >= 0.6 is 11.8 Å². The fraction of sp³-hybridized carbons (Fsp3) is 0.414. The van der Waals surface area contributed by atoms with E-state index in [0.29, 0.717) is 31.3 Å². The second-order valence-electron chi connectivity index (χ2n) is 11.1. The number of piperazine rings is 1. The average molecular weight is 531 g/mol. The van der Waals surface area contributed by atoms with Crippen LogP contribution in [0.1, 0.15) is 38.8 Å². The molecule has 3 heterocycles. The van der Waals surface area contributed by atoms with Gasteiger partial charge in [0.15, 0.2) is 5.65 Å². The zero-order valence-electron chi connectivity index (χ0n) is 22.6. The van der Waals surface area contributed by atoms with Gasteiger partial charge in [0.1, 0.15) is 5.52 Å². The molecule has 0 radical (unpaired) electrons. The third kappa shape index (κ3) is 5.25. The van der Waals surface area contributed by atoms with Crippen molar-refractivity contribution in [3.8, 4) is 0 Å². The van der Waals surface area contributed by atoms with Crippen molar-refractivity contribution in [2.45, 2.75) is 52.4 Å². The van der Waals surface area contributed by atoms with Crippen molar-refractivity contribution in [3.63, 3.8) is 0 Å². The Morgan fingerprint density at radius 3 is 2.53 bits per heavy atom. The number of fused-ring (bicyclic) bond motifs is 3. The molecule has 1 aliphatic heterocycles. The molecular formula is C29H34N6O2S. The van der Waals surface area contributed by atoms with Gasteiger partial charge in [0, 0.05) is 43.0 Å². The molecule has 1 fully saturated rings. The summed E-state index contributed by atoms with van der Waals surface area (Å²) in [6.45, 7) is 12.2. The maximum atomic E-state index is 13.1. The molecule has 198 valence electrons. The maximum absolute atomic E-state index is 13.1. The highest BCUT2D eigenvalue weighted by Gasteiger charge is 2.34. The van der Waals surface area contributed by atoms with Gasteiger partial charge >= 0.3 is 0 Å². The number of carbonyl (C=O) groups is 2. The summed E-state index contributed by atoms with van der Waals surface area (Å²) in [5, 5.41) is 10.4. The van der Waals surface area contributed by atoms with Crippen molar-refractivity contribution in [2.24, 2.45) is 5.41 Å². The lowest BCUT2D eigenvalue weighted by Crippen LogP contribution is -2.57. The lowest BCUT2D eigenvalue weighted by molar-refractivity contribution is -0.147. The molecule has 0 aliphatic carbocycles. The number of nitrogens with zero attached hydrogens (tertiary/aromatic N) is 6. The molecule has 1 atom stereocenters. The number of aromatic nitrogens is 4. The first kappa shape index (κ1) is 26.2. The zero-order chi connectivity index (χ0) is 27.0. The summed E-state index contributed by atoms with van der Waals surface area (Å²) in [6.07, 6.45) is 0. The molecule has 2 amide bonds. The van der Waals surface area contributed by atoms with Crippen molar-refractivity contribution in [1.29, 1.82) is 0 Å². The number of aryl methyl sites for hydroxylation is 1. The molecule has 1 aliphatic rings. The normalized spacial score (nSPS) is 16.4. The Bertz CT molecular complexity index is 1490. The van der Waals surface area contributed by atoms with Gasteiger partial charge < -0.3 is 14.4 Å². The lowest BCUT2D eigenvalue weighted by atomic mass is 9.93. The minimum absolute atomic E-state index is 0.0177. The molecule has 9 heteroatoms. The Morgan fingerprint density at radius 1 is 1.05 bits per heavy atom. The molecular weight excluding hydrogens is 496 g/mol. The van der Waals surface area contributed by atoms with E-state index < -0.39 is 5.41 Å². The molecule has 38 heavy (non-hydrogen) atoms. The summed E-state index contributed by atoms with van der Waals surface area (Å²) in [5.41, 5.74) is 4.49. The number of carbonyl (C=O) groups excluding carboxylic acids is 2. The van der Waals surface area contributed by atoms with Gasteiger partial charge in [-0.15, -0.1) is 10.2 Å². The highest BCUT2D eigenvalue weighted by atomic mass is 32.2. The fourth-order valence-corrected chi connectivity index (χ4v) is 5.66. The molecule has 4 aromatic rings. The predicted molar refractivity (Wildman–Crippen MR) is 151 cm³/mol. The van der Waals surface area contributed by atoms with Crippen molar-refractivity contribution in [1.82, 2.24) is 29.5 Å². The molecule has 0 saturated carbocycles. The second-order valence-corrected chi connectivity index (χ2v) is 12.0. The van der Waals surface area contributed by atoms with Gasteiger partial charge in [-0.25, -0.2) is 4.98 Å². The quantitative estimate of drug-likeness (QED) is 0.353. The van der Waals surface area contributed by atoms with E-state index in [-0.39, 0.29) is 23.6 Å². The Morgan fingerprint density at radius 2 is 1.82 bits per heavy atom. The highest BCUT2D eigenvalue weighted by Crippen LogP contribution is 2.29. The minimum atomic E-state index is -0.430. The topological polar surface area (TPSA) is 84.2 Å². The van der Waals surface area contributed by atoms with Crippen molar-refractivity contribution < 1.29 is 9.59 Å². The van der Waals surface area contributed by atoms with E-state index in [2.05, 4.69) is 52.0 Å². The van der Waals surface area contributed by atoms with Gasteiger partial charge in [-0.2, -0.15) is 0 Å². The van der Waals surface area contributed by atoms with Crippen molar-refractivity contribution in [2.75, 3.05) is 25.4 Å².